The molecule has 3 aromatic rings. The van der Waals surface area contributed by atoms with Crippen molar-refractivity contribution in [3.05, 3.63) is 71.2 Å². The molecule has 0 radical (unpaired) electrons. The minimum Gasteiger partial charge on any atom is -0.346 e. The van der Waals surface area contributed by atoms with Crippen molar-refractivity contribution in [2.45, 2.75) is 13.5 Å². The lowest BCUT2D eigenvalue weighted by molar-refractivity contribution is 0.0950. The van der Waals surface area contributed by atoms with Crippen molar-refractivity contribution >= 4 is 11.6 Å². The lowest BCUT2D eigenvalue weighted by Gasteiger charge is -2.03. The van der Waals surface area contributed by atoms with E-state index >= 15 is 0 Å². The van der Waals surface area contributed by atoms with Crippen LogP contribution in [0.2, 0.25) is 0 Å². The zero-order chi connectivity index (χ0) is 15.7. The van der Waals surface area contributed by atoms with Gasteiger partial charge in [0.1, 0.15) is 5.65 Å². The number of pyridine rings is 1. The second kappa shape index (κ2) is 5.55. The summed E-state index contributed by atoms with van der Waals surface area (Å²) in [5.41, 5.74) is 2.63. The Labute approximate surface area is 125 Å². The summed E-state index contributed by atoms with van der Waals surface area (Å²) in [6.07, 6.45) is 3.69. The topological polar surface area (TPSA) is 46.4 Å². The molecule has 3 rings (SSSR count). The van der Waals surface area contributed by atoms with E-state index in [1.165, 1.54) is 6.07 Å². The molecule has 1 amide bonds. The van der Waals surface area contributed by atoms with Crippen LogP contribution in [0, 0.1) is 18.6 Å². The predicted molar refractivity (Wildman–Crippen MR) is 77.5 cm³/mol. The summed E-state index contributed by atoms with van der Waals surface area (Å²) in [4.78, 5) is 16.3. The number of imidazole rings is 1. The molecule has 4 nitrogen and oxygen atoms in total. The number of carbonyl (C=O) groups excluding carboxylic acids is 1. The van der Waals surface area contributed by atoms with Crippen LogP contribution in [0.5, 0.6) is 0 Å². The average Bonchev–Trinajstić information content (AvgIpc) is 2.89. The highest BCUT2D eigenvalue weighted by atomic mass is 19.2. The van der Waals surface area contributed by atoms with Crippen LogP contribution in [0.15, 0.2) is 42.7 Å². The first kappa shape index (κ1) is 14.2. The molecule has 2 aromatic heterocycles. The maximum Gasteiger partial charge on any atom is 0.251 e. The molecule has 2 heterocycles. The highest BCUT2D eigenvalue weighted by Gasteiger charge is 2.10. The zero-order valence-electron chi connectivity index (χ0n) is 11.8. The quantitative estimate of drug-likeness (QED) is 0.808. The Bertz CT molecular complexity index is 858. The van der Waals surface area contributed by atoms with Crippen molar-refractivity contribution in [3.63, 3.8) is 0 Å². The Morgan fingerprint density at radius 1 is 1.23 bits per heavy atom. The molecule has 0 fully saturated rings. The van der Waals surface area contributed by atoms with Gasteiger partial charge in [-0.2, -0.15) is 0 Å². The van der Waals surface area contributed by atoms with Crippen LogP contribution in [0.4, 0.5) is 8.78 Å². The van der Waals surface area contributed by atoms with E-state index in [4.69, 9.17) is 0 Å². The number of nitrogens with zero attached hydrogens (tertiary/aromatic N) is 2. The Hall–Kier alpha value is -2.76. The van der Waals surface area contributed by atoms with Gasteiger partial charge in [-0.15, -0.1) is 0 Å². The molecule has 0 saturated carbocycles. The van der Waals surface area contributed by atoms with E-state index in [9.17, 15) is 13.6 Å². The Morgan fingerprint density at radius 2 is 2.05 bits per heavy atom. The second-order valence-corrected chi connectivity index (χ2v) is 5.01. The van der Waals surface area contributed by atoms with E-state index in [1.54, 1.807) is 6.20 Å². The standard InChI is InChI=1S/C16H13F2N3O/c1-10-4-5-21-9-12(20-15(21)6-10)8-19-16(22)11-2-3-13(17)14(18)7-11/h2-7,9H,8H2,1H3,(H,19,22). The van der Waals surface area contributed by atoms with Crippen molar-refractivity contribution in [2.75, 3.05) is 0 Å². The van der Waals surface area contributed by atoms with E-state index in [0.717, 1.165) is 23.3 Å². The Balaban J connectivity index is 1.72. The summed E-state index contributed by atoms with van der Waals surface area (Å²) in [5, 5.41) is 2.63. The van der Waals surface area contributed by atoms with E-state index in [2.05, 4.69) is 10.3 Å². The maximum atomic E-state index is 13.1. The van der Waals surface area contributed by atoms with E-state index in [1.807, 2.05) is 29.7 Å². The fourth-order valence-electron chi connectivity index (χ4n) is 2.13. The summed E-state index contributed by atoms with van der Waals surface area (Å²) in [6.45, 7) is 2.18. The van der Waals surface area contributed by atoms with Crippen molar-refractivity contribution in [1.29, 1.82) is 0 Å². The number of benzene rings is 1. The molecule has 0 unspecified atom stereocenters. The first-order valence-corrected chi connectivity index (χ1v) is 6.70. The number of carbonyl (C=O) groups is 1. The van der Waals surface area contributed by atoms with Gasteiger partial charge >= 0.3 is 0 Å². The average molecular weight is 301 g/mol. The lowest BCUT2D eigenvalue weighted by Crippen LogP contribution is -2.23. The van der Waals surface area contributed by atoms with Gasteiger partial charge in [0.25, 0.3) is 5.91 Å². The number of aryl methyl sites for hydroxylation is 1. The van der Waals surface area contributed by atoms with Gasteiger partial charge in [-0.05, 0) is 42.8 Å². The number of hydrogen-bond acceptors (Lipinski definition) is 2. The molecule has 0 aliphatic rings. The van der Waals surface area contributed by atoms with Crippen LogP contribution in [-0.2, 0) is 6.54 Å². The number of halogens is 2. The number of amides is 1. The molecule has 112 valence electrons. The van der Waals surface area contributed by atoms with Crippen molar-refractivity contribution < 1.29 is 13.6 Å². The van der Waals surface area contributed by atoms with Crippen molar-refractivity contribution in [2.24, 2.45) is 0 Å². The largest absolute Gasteiger partial charge is 0.346 e. The molecule has 0 atom stereocenters. The Kier molecular flexibility index (Phi) is 3.58. The van der Waals surface area contributed by atoms with E-state index < -0.39 is 17.5 Å². The predicted octanol–water partition coefficient (Wildman–Crippen LogP) is 2.85. The highest BCUT2D eigenvalue weighted by molar-refractivity contribution is 5.94. The normalized spacial score (nSPS) is 10.9. The summed E-state index contributed by atoms with van der Waals surface area (Å²) < 4.78 is 27.8. The van der Waals surface area contributed by atoms with Crippen LogP contribution in [0.3, 0.4) is 0 Å². The van der Waals surface area contributed by atoms with Gasteiger partial charge in [-0.1, -0.05) is 0 Å². The molecule has 6 heteroatoms. The number of nitrogens with one attached hydrogen (secondary N) is 1. The third-order valence-corrected chi connectivity index (χ3v) is 3.28. The molecular weight excluding hydrogens is 288 g/mol. The SMILES string of the molecule is Cc1ccn2cc(CNC(=O)c3ccc(F)c(F)c3)nc2c1. The first-order valence-electron chi connectivity index (χ1n) is 6.70. The van der Waals surface area contributed by atoms with Gasteiger partial charge in [0.05, 0.1) is 12.2 Å². The smallest absolute Gasteiger partial charge is 0.251 e. The number of hydrogen-bond donors (Lipinski definition) is 1. The summed E-state index contributed by atoms with van der Waals surface area (Å²) in [6, 6.07) is 6.93. The van der Waals surface area contributed by atoms with Crippen LogP contribution >= 0.6 is 0 Å². The summed E-state index contributed by atoms with van der Waals surface area (Å²) in [5.74, 6) is -2.50. The van der Waals surface area contributed by atoms with Crippen LogP contribution in [-0.4, -0.2) is 15.3 Å². The third-order valence-electron chi connectivity index (χ3n) is 3.28. The molecule has 0 saturated heterocycles. The van der Waals surface area contributed by atoms with Gasteiger partial charge in [-0.25, -0.2) is 13.8 Å². The molecule has 1 N–H and O–H groups in total. The van der Waals surface area contributed by atoms with Gasteiger partial charge in [0.2, 0.25) is 0 Å². The molecule has 1 aromatic carbocycles. The zero-order valence-corrected chi connectivity index (χ0v) is 11.8. The van der Waals surface area contributed by atoms with Gasteiger partial charge in [-0.3, -0.25) is 4.79 Å². The number of rotatable bonds is 3. The maximum absolute atomic E-state index is 13.1. The highest BCUT2D eigenvalue weighted by Crippen LogP contribution is 2.10. The fraction of sp³-hybridized carbons (Fsp3) is 0.125. The molecule has 0 aliphatic heterocycles. The van der Waals surface area contributed by atoms with E-state index in [0.29, 0.717) is 5.69 Å². The van der Waals surface area contributed by atoms with Gasteiger partial charge in [0.15, 0.2) is 11.6 Å². The summed E-state index contributed by atoms with van der Waals surface area (Å²) in [7, 11) is 0. The molecule has 0 spiro atoms. The minimum atomic E-state index is -1.05. The van der Waals surface area contributed by atoms with Crippen molar-refractivity contribution in [3.8, 4) is 0 Å². The first-order chi connectivity index (χ1) is 10.5. The van der Waals surface area contributed by atoms with Crippen LogP contribution < -0.4 is 5.32 Å². The van der Waals surface area contributed by atoms with Crippen LogP contribution in [0.1, 0.15) is 21.6 Å². The second-order valence-electron chi connectivity index (χ2n) is 5.01. The van der Waals surface area contributed by atoms with Crippen LogP contribution in [0.25, 0.3) is 5.65 Å². The molecule has 0 bridgehead atoms. The third kappa shape index (κ3) is 2.81. The summed E-state index contributed by atoms with van der Waals surface area (Å²) >= 11 is 0. The fourth-order valence-corrected chi connectivity index (χ4v) is 2.13. The number of fused-ring (bicyclic) bond motifs is 1. The molecule has 0 aliphatic carbocycles. The minimum absolute atomic E-state index is 0.0681. The lowest BCUT2D eigenvalue weighted by atomic mass is 10.2. The monoisotopic (exact) mass is 301 g/mol. The van der Waals surface area contributed by atoms with Gasteiger partial charge < -0.3 is 9.72 Å². The molecule has 22 heavy (non-hydrogen) atoms. The van der Waals surface area contributed by atoms with E-state index in [-0.39, 0.29) is 12.1 Å². The van der Waals surface area contributed by atoms with Crippen molar-refractivity contribution in [1.82, 2.24) is 14.7 Å². The number of aromatic nitrogens is 2. The Morgan fingerprint density at radius 3 is 2.82 bits per heavy atom. The van der Waals surface area contributed by atoms with Gasteiger partial charge in [0, 0.05) is 18.0 Å². The molecular formula is C16H13F2N3O.